The molecule has 0 radical (unpaired) electrons. The molecule has 0 saturated heterocycles. The van der Waals surface area contributed by atoms with Crippen LogP contribution in [-0.4, -0.2) is 34.6 Å². The summed E-state index contributed by atoms with van der Waals surface area (Å²) < 4.78 is 0. The van der Waals surface area contributed by atoms with Crippen molar-refractivity contribution in [2.45, 2.75) is 19.9 Å². The second kappa shape index (κ2) is 6.98. The van der Waals surface area contributed by atoms with E-state index in [0.29, 0.717) is 10.7 Å². The number of aromatic nitrogens is 2. The molecule has 1 aromatic carbocycles. The first kappa shape index (κ1) is 15.9. The van der Waals surface area contributed by atoms with Crippen LogP contribution in [0.5, 0.6) is 0 Å². The van der Waals surface area contributed by atoms with Crippen molar-refractivity contribution in [2.24, 2.45) is 0 Å². The summed E-state index contributed by atoms with van der Waals surface area (Å²) in [5.74, 6) is -0.0900. The molecule has 7 heteroatoms. The minimum atomic E-state index is -0.0900. The van der Waals surface area contributed by atoms with Gasteiger partial charge >= 0.3 is 0 Å². The van der Waals surface area contributed by atoms with Gasteiger partial charge in [0, 0.05) is 10.7 Å². The highest BCUT2D eigenvalue weighted by Gasteiger charge is 2.18. The van der Waals surface area contributed by atoms with Crippen LogP contribution in [0.25, 0.3) is 0 Å². The summed E-state index contributed by atoms with van der Waals surface area (Å²) in [5, 5.41) is 13.4. The predicted octanol–water partition coefficient (Wildman–Crippen LogP) is 3.13. The molecule has 0 aliphatic heterocycles. The van der Waals surface area contributed by atoms with Gasteiger partial charge in [-0.25, -0.2) is 0 Å². The van der Waals surface area contributed by atoms with Crippen LogP contribution in [0, 0.1) is 6.92 Å². The lowest BCUT2D eigenvalue weighted by Gasteiger charge is -2.21. The van der Waals surface area contributed by atoms with Crippen molar-refractivity contribution in [3.63, 3.8) is 0 Å². The molecule has 0 saturated carbocycles. The van der Waals surface area contributed by atoms with E-state index < -0.39 is 0 Å². The number of carbonyl (C=O) groups is 1. The van der Waals surface area contributed by atoms with Crippen LogP contribution in [0.3, 0.4) is 0 Å². The molecule has 2 rings (SSSR count). The topological polar surface area (TPSA) is 58.1 Å². The summed E-state index contributed by atoms with van der Waals surface area (Å²) in [6, 6.07) is 7.14. The van der Waals surface area contributed by atoms with Gasteiger partial charge in [0.15, 0.2) is 0 Å². The van der Waals surface area contributed by atoms with Crippen LogP contribution in [-0.2, 0) is 4.79 Å². The van der Waals surface area contributed by atoms with E-state index >= 15 is 0 Å². The highest BCUT2D eigenvalue weighted by atomic mass is 35.5. The zero-order valence-electron chi connectivity index (χ0n) is 12.1. The molecule has 112 valence electrons. The Labute approximate surface area is 133 Å². The molecular weight excluding hydrogens is 308 g/mol. The molecule has 1 aromatic heterocycles. The van der Waals surface area contributed by atoms with E-state index in [4.69, 9.17) is 11.6 Å². The van der Waals surface area contributed by atoms with Gasteiger partial charge in [-0.1, -0.05) is 17.7 Å². The standard InChI is InChI=1S/C14H17ClN4OS/c1-9(14-18-17-10(2)21-14)19(3)8-13(20)16-12-6-4-5-11(15)7-12/h4-7,9H,8H2,1-3H3,(H,16,20). The Morgan fingerprint density at radius 3 is 2.86 bits per heavy atom. The molecule has 1 amide bonds. The SMILES string of the molecule is Cc1nnc(C(C)N(C)CC(=O)Nc2cccc(Cl)c2)s1. The molecule has 21 heavy (non-hydrogen) atoms. The normalized spacial score (nSPS) is 12.4. The van der Waals surface area contributed by atoms with Gasteiger partial charge in [0.05, 0.1) is 12.6 Å². The van der Waals surface area contributed by atoms with E-state index in [0.717, 1.165) is 10.0 Å². The van der Waals surface area contributed by atoms with Crippen LogP contribution < -0.4 is 5.32 Å². The Hall–Kier alpha value is -1.50. The van der Waals surface area contributed by atoms with Crippen LogP contribution in [0.15, 0.2) is 24.3 Å². The van der Waals surface area contributed by atoms with Crippen molar-refractivity contribution in [2.75, 3.05) is 18.9 Å². The van der Waals surface area contributed by atoms with E-state index in [-0.39, 0.29) is 18.5 Å². The minimum Gasteiger partial charge on any atom is -0.325 e. The Morgan fingerprint density at radius 2 is 2.24 bits per heavy atom. The number of halogens is 1. The molecule has 0 bridgehead atoms. The van der Waals surface area contributed by atoms with Crippen LogP contribution in [0.4, 0.5) is 5.69 Å². The lowest BCUT2D eigenvalue weighted by atomic mass is 10.3. The van der Waals surface area contributed by atoms with Crippen LogP contribution in [0.1, 0.15) is 23.0 Å². The van der Waals surface area contributed by atoms with Gasteiger partial charge in [0.25, 0.3) is 0 Å². The quantitative estimate of drug-likeness (QED) is 0.918. The number of hydrogen-bond acceptors (Lipinski definition) is 5. The third kappa shape index (κ3) is 4.49. The molecule has 0 spiro atoms. The number of amides is 1. The number of nitrogens with one attached hydrogen (secondary N) is 1. The summed E-state index contributed by atoms with van der Waals surface area (Å²) in [7, 11) is 1.89. The fourth-order valence-corrected chi connectivity index (χ4v) is 2.81. The zero-order chi connectivity index (χ0) is 15.4. The Morgan fingerprint density at radius 1 is 1.48 bits per heavy atom. The summed E-state index contributed by atoms with van der Waals surface area (Å²) in [6.45, 7) is 4.19. The summed E-state index contributed by atoms with van der Waals surface area (Å²) >= 11 is 7.44. The monoisotopic (exact) mass is 324 g/mol. The predicted molar refractivity (Wildman–Crippen MR) is 85.8 cm³/mol. The lowest BCUT2D eigenvalue weighted by Crippen LogP contribution is -2.32. The first-order valence-corrected chi connectivity index (χ1v) is 7.71. The average molecular weight is 325 g/mol. The smallest absolute Gasteiger partial charge is 0.238 e. The van der Waals surface area contributed by atoms with Gasteiger partial charge in [-0.3, -0.25) is 9.69 Å². The second-order valence-electron chi connectivity index (χ2n) is 4.81. The van der Waals surface area contributed by atoms with Gasteiger partial charge in [-0.15, -0.1) is 21.5 Å². The second-order valence-corrected chi connectivity index (χ2v) is 6.46. The number of rotatable bonds is 5. The molecule has 1 heterocycles. The molecule has 0 fully saturated rings. The zero-order valence-corrected chi connectivity index (χ0v) is 13.7. The first-order valence-electron chi connectivity index (χ1n) is 6.51. The summed E-state index contributed by atoms with van der Waals surface area (Å²) in [4.78, 5) is 14.0. The van der Waals surface area contributed by atoms with Gasteiger partial charge in [-0.2, -0.15) is 0 Å². The van der Waals surface area contributed by atoms with Gasteiger partial charge in [-0.05, 0) is 39.1 Å². The number of nitrogens with zero attached hydrogens (tertiary/aromatic N) is 3. The number of hydrogen-bond donors (Lipinski definition) is 1. The highest BCUT2D eigenvalue weighted by molar-refractivity contribution is 7.11. The van der Waals surface area contributed by atoms with Crippen molar-refractivity contribution >= 4 is 34.5 Å². The molecular formula is C14H17ClN4OS. The average Bonchev–Trinajstić information content (AvgIpc) is 2.84. The molecule has 1 atom stereocenters. The number of aryl methyl sites for hydroxylation is 1. The molecule has 0 aliphatic rings. The van der Waals surface area contributed by atoms with Crippen LogP contribution >= 0.6 is 22.9 Å². The molecule has 5 nitrogen and oxygen atoms in total. The van der Waals surface area contributed by atoms with Gasteiger partial charge < -0.3 is 5.32 Å². The molecule has 1 unspecified atom stereocenters. The molecule has 1 N–H and O–H groups in total. The number of benzene rings is 1. The van der Waals surface area contributed by atoms with Crippen molar-refractivity contribution < 1.29 is 4.79 Å². The van der Waals surface area contributed by atoms with E-state index in [1.54, 1.807) is 35.6 Å². The van der Waals surface area contributed by atoms with Crippen LogP contribution in [0.2, 0.25) is 5.02 Å². The number of carbonyl (C=O) groups excluding carboxylic acids is 1. The third-order valence-electron chi connectivity index (χ3n) is 3.06. The van der Waals surface area contributed by atoms with Crippen molar-refractivity contribution in [1.29, 1.82) is 0 Å². The van der Waals surface area contributed by atoms with Gasteiger partial charge in [0.1, 0.15) is 10.0 Å². The minimum absolute atomic E-state index is 0.0429. The van der Waals surface area contributed by atoms with Gasteiger partial charge in [0.2, 0.25) is 5.91 Å². The Bertz CT molecular complexity index is 631. The maximum Gasteiger partial charge on any atom is 0.238 e. The van der Waals surface area contributed by atoms with E-state index in [1.165, 1.54) is 0 Å². The molecule has 2 aromatic rings. The summed E-state index contributed by atoms with van der Waals surface area (Å²) in [5.41, 5.74) is 0.695. The third-order valence-corrected chi connectivity index (χ3v) is 4.31. The summed E-state index contributed by atoms with van der Waals surface area (Å²) in [6.07, 6.45) is 0. The van der Waals surface area contributed by atoms with E-state index in [1.807, 2.05) is 25.8 Å². The number of anilines is 1. The number of likely N-dealkylation sites (N-methyl/N-ethyl adjacent to an activating group) is 1. The van der Waals surface area contributed by atoms with Crippen molar-refractivity contribution in [1.82, 2.24) is 15.1 Å². The van der Waals surface area contributed by atoms with E-state index in [9.17, 15) is 4.79 Å². The lowest BCUT2D eigenvalue weighted by molar-refractivity contribution is -0.117. The highest BCUT2D eigenvalue weighted by Crippen LogP contribution is 2.22. The fraction of sp³-hybridized carbons (Fsp3) is 0.357. The van der Waals surface area contributed by atoms with Crippen molar-refractivity contribution in [3.8, 4) is 0 Å². The Balaban J connectivity index is 1.92. The maximum atomic E-state index is 12.0. The van der Waals surface area contributed by atoms with E-state index in [2.05, 4.69) is 15.5 Å². The van der Waals surface area contributed by atoms with Crippen molar-refractivity contribution in [3.05, 3.63) is 39.3 Å². The first-order chi connectivity index (χ1) is 9.95. The Kier molecular flexibility index (Phi) is 5.27. The molecule has 0 aliphatic carbocycles. The fourth-order valence-electron chi connectivity index (χ4n) is 1.80. The largest absolute Gasteiger partial charge is 0.325 e. The maximum absolute atomic E-state index is 12.0.